The highest BCUT2D eigenvalue weighted by Crippen LogP contribution is 2.46. The van der Waals surface area contributed by atoms with Crippen molar-refractivity contribution in [3.63, 3.8) is 0 Å². The summed E-state index contributed by atoms with van der Waals surface area (Å²) in [6.07, 6.45) is 2.35. The van der Waals surface area contributed by atoms with E-state index in [1.54, 1.807) is 0 Å². The topological polar surface area (TPSA) is 29.1 Å². The number of carbonyl (C=O) groups is 1. The molecule has 2 nitrogen and oxygen atoms in total. The molecular weight excluding hydrogens is 162 g/mol. The van der Waals surface area contributed by atoms with Crippen LogP contribution in [0.4, 0.5) is 0 Å². The molecule has 2 rings (SSSR count). The summed E-state index contributed by atoms with van der Waals surface area (Å²) in [5.74, 6) is 2.02. The van der Waals surface area contributed by atoms with Crippen molar-refractivity contribution < 1.29 is 4.79 Å². The average Bonchev–Trinajstić information content (AvgIpc) is 2.51. The molecule has 0 spiro atoms. The minimum absolute atomic E-state index is 0.303. The second-order valence-corrected chi connectivity index (χ2v) is 5.65. The molecule has 2 fully saturated rings. The zero-order valence-corrected chi connectivity index (χ0v) is 8.76. The molecule has 0 aromatic carbocycles. The minimum Gasteiger partial charge on any atom is -0.356 e. The molecule has 13 heavy (non-hydrogen) atoms. The highest BCUT2D eigenvalue weighted by atomic mass is 16.2. The third-order valence-corrected chi connectivity index (χ3v) is 3.79. The molecule has 1 saturated carbocycles. The molecule has 1 aliphatic carbocycles. The van der Waals surface area contributed by atoms with E-state index in [-0.39, 0.29) is 0 Å². The summed E-state index contributed by atoms with van der Waals surface area (Å²) in [5, 5.41) is 2.95. The van der Waals surface area contributed by atoms with Gasteiger partial charge in [0.05, 0.1) is 0 Å². The monoisotopic (exact) mass is 181 g/mol. The number of hydrogen-bond acceptors (Lipinski definition) is 1. The van der Waals surface area contributed by atoms with Crippen LogP contribution in [0.25, 0.3) is 0 Å². The van der Waals surface area contributed by atoms with Crippen LogP contribution in [0.3, 0.4) is 0 Å². The molecule has 2 aliphatic rings. The van der Waals surface area contributed by atoms with Gasteiger partial charge in [0.2, 0.25) is 5.91 Å². The highest BCUT2D eigenvalue weighted by Gasteiger charge is 2.45. The fourth-order valence-corrected chi connectivity index (χ4v) is 2.74. The van der Waals surface area contributed by atoms with Gasteiger partial charge < -0.3 is 5.32 Å². The Hall–Kier alpha value is -0.530. The van der Waals surface area contributed by atoms with Crippen LogP contribution in [0.5, 0.6) is 0 Å². The van der Waals surface area contributed by atoms with E-state index >= 15 is 0 Å². The number of rotatable bonds is 0. The van der Waals surface area contributed by atoms with Gasteiger partial charge in [0.1, 0.15) is 0 Å². The Morgan fingerprint density at radius 2 is 2.00 bits per heavy atom. The number of carbonyl (C=O) groups excluding carboxylic acids is 1. The van der Waals surface area contributed by atoms with Crippen molar-refractivity contribution in [1.82, 2.24) is 5.32 Å². The zero-order chi connectivity index (χ0) is 9.64. The average molecular weight is 181 g/mol. The number of hydrogen-bond donors (Lipinski definition) is 1. The van der Waals surface area contributed by atoms with Gasteiger partial charge in [0.15, 0.2) is 0 Å². The number of fused-ring (bicyclic) bond motifs is 1. The molecule has 1 aliphatic heterocycles. The standard InChI is InChI=1S/C11H19NO/c1-11(2,3)8-4-7-6-12-10(13)9(7)5-8/h7-9H,4-6H2,1-3H3,(H,12,13). The highest BCUT2D eigenvalue weighted by molar-refractivity contribution is 5.81. The lowest BCUT2D eigenvalue weighted by atomic mass is 9.79. The van der Waals surface area contributed by atoms with E-state index in [0.29, 0.717) is 23.2 Å². The predicted molar refractivity (Wildman–Crippen MR) is 52.2 cm³/mol. The van der Waals surface area contributed by atoms with Gasteiger partial charge in [-0.25, -0.2) is 0 Å². The summed E-state index contributed by atoms with van der Waals surface area (Å²) in [4.78, 5) is 11.4. The first-order chi connectivity index (χ1) is 5.98. The molecule has 1 amide bonds. The van der Waals surface area contributed by atoms with Crippen molar-refractivity contribution in [3.05, 3.63) is 0 Å². The molecule has 0 aromatic rings. The third kappa shape index (κ3) is 1.47. The van der Waals surface area contributed by atoms with Crippen LogP contribution in [0.2, 0.25) is 0 Å². The Morgan fingerprint density at radius 3 is 2.54 bits per heavy atom. The molecule has 0 bridgehead atoms. The van der Waals surface area contributed by atoms with Crippen LogP contribution in [0, 0.1) is 23.2 Å². The SMILES string of the molecule is CC(C)(C)C1CC2CNC(=O)C2C1. The molecule has 1 heterocycles. The first-order valence-corrected chi connectivity index (χ1v) is 5.26. The lowest BCUT2D eigenvalue weighted by Crippen LogP contribution is -2.24. The Labute approximate surface area is 80.1 Å². The van der Waals surface area contributed by atoms with Gasteiger partial charge in [0.25, 0.3) is 0 Å². The Bertz CT molecular complexity index is 229. The van der Waals surface area contributed by atoms with Crippen LogP contribution in [0.15, 0.2) is 0 Å². The fraction of sp³-hybridized carbons (Fsp3) is 0.909. The van der Waals surface area contributed by atoms with E-state index in [2.05, 4.69) is 26.1 Å². The van der Waals surface area contributed by atoms with Gasteiger partial charge >= 0.3 is 0 Å². The molecule has 74 valence electrons. The Kier molecular flexibility index (Phi) is 1.90. The molecular formula is C11H19NO. The van der Waals surface area contributed by atoms with Gasteiger partial charge in [-0.05, 0) is 30.1 Å². The van der Waals surface area contributed by atoms with Crippen LogP contribution in [0.1, 0.15) is 33.6 Å². The van der Waals surface area contributed by atoms with E-state index in [1.165, 1.54) is 6.42 Å². The first-order valence-electron chi connectivity index (χ1n) is 5.26. The van der Waals surface area contributed by atoms with Crippen molar-refractivity contribution >= 4 is 5.91 Å². The lowest BCUT2D eigenvalue weighted by molar-refractivity contribution is -0.122. The predicted octanol–water partition coefficient (Wildman–Crippen LogP) is 1.80. The maximum Gasteiger partial charge on any atom is 0.223 e. The van der Waals surface area contributed by atoms with Crippen molar-refractivity contribution in [2.75, 3.05) is 6.54 Å². The third-order valence-electron chi connectivity index (χ3n) is 3.79. The quantitative estimate of drug-likeness (QED) is 0.606. The summed E-state index contributed by atoms with van der Waals surface area (Å²) in [7, 11) is 0. The second-order valence-electron chi connectivity index (χ2n) is 5.65. The largest absolute Gasteiger partial charge is 0.356 e. The number of amides is 1. The molecule has 1 N–H and O–H groups in total. The summed E-state index contributed by atoms with van der Waals surface area (Å²) < 4.78 is 0. The maximum atomic E-state index is 11.4. The molecule has 2 heteroatoms. The van der Waals surface area contributed by atoms with Crippen LogP contribution >= 0.6 is 0 Å². The summed E-state index contributed by atoms with van der Waals surface area (Å²) >= 11 is 0. The van der Waals surface area contributed by atoms with E-state index in [1.807, 2.05) is 0 Å². The minimum atomic E-state index is 0.303. The number of nitrogens with one attached hydrogen (secondary N) is 1. The summed E-state index contributed by atoms with van der Waals surface area (Å²) in [5.41, 5.74) is 0.380. The second kappa shape index (κ2) is 2.73. The van der Waals surface area contributed by atoms with Crippen LogP contribution in [-0.2, 0) is 4.79 Å². The van der Waals surface area contributed by atoms with Gasteiger partial charge in [-0.3, -0.25) is 4.79 Å². The maximum absolute atomic E-state index is 11.4. The summed E-state index contributed by atoms with van der Waals surface area (Å²) in [6, 6.07) is 0. The van der Waals surface area contributed by atoms with E-state index in [9.17, 15) is 4.79 Å². The van der Waals surface area contributed by atoms with Crippen molar-refractivity contribution in [1.29, 1.82) is 0 Å². The molecule has 0 radical (unpaired) electrons. The van der Waals surface area contributed by atoms with Gasteiger partial charge in [0, 0.05) is 12.5 Å². The van der Waals surface area contributed by atoms with Crippen molar-refractivity contribution in [2.24, 2.45) is 23.2 Å². The van der Waals surface area contributed by atoms with Crippen molar-refractivity contribution in [2.45, 2.75) is 33.6 Å². The fourth-order valence-electron chi connectivity index (χ4n) is 2.74. The van der Waals surface area contributed by atoms with E-state index < -0.39 is 0 Å². The van der Waals surface area contributed by atoms with Crippen molar-refractivity contribution in [3.8, 4) is 0 Å². The molecule has 3 unspecified atom stereocenters. The first kappa shape index (κ1) is 9.04. The van der Waals surface area contributed by atoms with Crippen LogP contribution in [-0.4, -0.2) is 12.5 Å². The Morgan fingerprint density at radius 1 is 1.31 bits per heavy atom. The molecule has 3 atom stereocenters. The van der Waals surface area contributed by atoms with E-state index in [4.69, 9.17) is 0 Å². The lowest BCUT2D eigenvalue weighted by Gasteiger charge is -2.27. The van der Waals surface area contributed by atoms with Gasteiger partial charge in [-0.2, -0.15) is 0 Å². The molecule has 1 saturated heterocycles. The Balaban J connectivity index is 2.07. The zero-order valence-electron chi connectivity index (χ0n) is 8.76. The van der Waals surface area contributed by atoms with Crippen LogP contribution < -0.4 is 5.32 Å². The van der Waals surface area contributed by atoms with E-state index in [0.717, 1.165) is 18.9 Å². The molecule has 0 aromatic heterocycles. The van der Waals surface area contributed by atoms with Gasteiger partial charge in [-0.15, -0.1) is 0 Å². The van der Waals surface area contributed by atoms with Gasteiger partial charge in [-0.1, -0.05) is 20.8 Å². The summed E-state index contributed by atoms with van der Waals surface area (Å²) in [6.45, 7) is 7.79. The normalized spacial score (nSPS) is 39.0. The smallest absolute Gasteiger partial charge is 0.223 e.